The molecule has 18 heavy (non-hydrogen) atoms. The second kappa shape index (κ2) is 4.98. The summed E-state index contributed by atoms with van der Waals surface area (Å²) in [6.45, 7) is 2.45. The van der Waals surface area contributed by atoms with Gasteiger partial charge in [-0.25, -0.2) is 0 Å². The number of hydrogen-bond acceptors (Lipinski definition) is 3. The van der Waals surface area contributed by atoms with Gasteiger partial charge in [0.25, 0.3) is 5.91 Å². The molecule has 4 nitrogen and oxygen atoms in total. The molecule has 98 valence electrons. The predicted octanol–water partition coefficient (Wildman–Crippen LogP) is 1.61. The fourth-order valence-corrected chi connectivity index (χ4v) is 2.26. The molecule has 0 spiro atoms. The van der Waals surface area contributed by atoms with Crippen molar-refractivity contribution >= 4 is 5.91 Å². The highest BCUT2D eigenvalue weighted by Gasteiger charge is 2.37. The van der Waals surface area contributed by atoms with Crippen LogP contribution in [0.25, 0.3) is 0 Å². The van der Waals surface area contributed by atoms with E-state index in [2.05, 4.69) is 5.32 Å². The largest absolute Gasteiger partial charge is 0.496 e. The highest BCUT2D eigenvalue weighted by molar-refractivity contribution is 5.95. The molecule has 1 aliphatic rings. The molecular weight excluding hydrogens is 228 g/mol. The molecule has 0 unspecified atom stereocenters. The monoisotopic (exact) mass is 248 g/mol. The summed E-state index contributed by atoms with van der Waals surface area (Å²) in [4.78, 5) is 12.2. The quantitative estimate of drug-likeness (QED) is 0.851. The number of hydrogen-bond donors (Lipinski definition) is 2. The molecule has 0 aliphatic heterocycles. The molecule has 1 saturated carbocycles. The van der Waals surface area contributed by atoms with Gasteiger partial charge in [0.05, 0.1) is 12.6 Å². The predicted molar refractivity (Wildman–Crippen MR) is 70.8 cm³/mol. The Hall–Kier alpha value is -1.55. The van der Waals surface area contributed by atoms with E-state index in [1.807, 2.05) is 19.1 Å². The van der Waals surface area contributed by atoms with Crippen molar-refractivity contribution in [2.75, 3.05) is 13.7 Å². The Balaban J connectivity index is 2.13. The van der Waals surface area contributed by atoms with Crippen LogP contribution < -0.4 is 15.8 Å². The van der Waals surface area contributed by atoms with Crippen LogP contribution in [0.3, 0.4) is 0 Å². The van der Waals surface area contributed by atoms with Gasteiger partial charge in [-0.2, -0.15) is 0 Å². The van der Waals surface area contributed by atoms with E-state index in [1.165, 1.54) is 0 Å². The van der Waals surface area contributed by atoms with Crippen LogP contribution in [-0.2, 0) is 0 Å². The summed E-state index contributed by atoms with van der Waals surface area (Å²) in [5.74, 6) is 0.663. The third-order valence-corrected chi connectivity index (χ3v) is 3.75. The SMILES string of the molecule is COc1cc(C(=O)NC2(CN)CCC2)ccc1C. The molecule has 0 aromatic heterocycles. The first-order valence-electron chi connectivity index (χ1n) is 6.27. The molecule has 4 heteroatoms. The number of aryl methyl sites for hydroxylation is 1. The summed E-state index contributed by atoms with van der Waals surface area (Å²) >= 11 is 0. The average Bonchev–Trinajstić information content (AvgIpc) is 2.34. The Morgan fingerprint density at radius 3 is 2.72 bits per heavy atom. The van der Waals surface area contributed by atoms with Crippen molar-refractivity contribution in [2.24, 2.45) is 5.73 Å². The van der Waals surface area contributed by atoms with Gasteiger partial charge in [0, 0.05) is 12.1 Å². The van der Waals surface area contributed by atoms with Gasteiger partial charge >= 0.3 is 0 Å². The number of methoxy groups -OCH3 is 1. The van der Waals surface area contributed by atoms with Crippen LogP contribution in [-0.4, -0.2) is 25.1 Å². The second-order valence-electron chi connectivity index (χ2n) is 4.98. The zero-order valence-corrected chi connectivity index (χ0v) is 11.0. The van der Waals surface area contributed by atoms with Gasteiger partial charge in [0.2, 0.25) is 0 Å². The van der Waals surface area contributed by atoms with Crippen molar-refractivity contribution in [1.29, 1.82) is 0 Å². The molecule has 1 aromatic rings. The number of carbonyl (C=O) groups is 1. The van der Waals surface area contributed by atoms with E-state index < -0.39 is 0 Å². The van der Waals surface area contributed by atoms with Gasteiger partial charge in [-0.05, 0) is 43.9 Å². The van der Waals surface area contributed by atoms with E-state index in [4.69, 9.17) is 10.5 Å². The Kier molecular flexibility index (Phi) is 3.57. The van der Waals surface area contributed by atoms with Gasteiger partial charge in [-0.1, -0.05) is 6.07 Å². The van der Waals surface area contributed by atoms with Crippen LogP contribution >= 0.6 is 0 Å². The molecule has 1 aromatic carbocycles. The lowest BCUT2D eigenvalue weighted by Crippen LogP contribution is -2.58. The van der Waals surface area contributed by atoms with Crippen LogP contribution in [0, 0.1) is 6.92 Å². The van der Waals surface area contributed by atoms with Gasteiger partial charge in [0.1, 0.15) is 5.75 Å². The lowest BCUT2D eigenvalue weighted by atomic mass is 9.76. The van der Waals surface area contributed by atoms with E-state index >= 15 is 0 Å². The summed E-state index contributed by atoms with van der Waals surface area (Å²) in [6.07, 6.45) is 3.07. The first-order valence-corrected chi connectivity index (χ1v) is 6.27. The maximum absolute atomic E-state index is 12.2. The minimum Gasteiger partial charge on any atom is -0.496 e. The molecule has 1 fully saturated rings. The molecule has 2 rings (SSSR count). The third-order valence-electron chi connectivity index (χ3n) is 3.75. The molecule has 1 amide bonds. The highest BCUT2D eigenvalue weighted by atomic mass is 16.5. The van der Waals surface area contributed by atoms with Crippen LogP contribution in [0.5, 0.6) is 5.75 Å². The fraction of sp³-hybridized carbons (Fsp3) is 0.500. The molecule has 0 bridgehead atoms. The topological polar surface area (TPSA) is 64.3 Å². The van der Waals surface area contributed by atoms with Crippen LogP contribution in [0.15, 0.2) is 18.2 Å². The third kappa shape index (κ3) is 2.34. The lowest BCUT2D eigenvalue weighted by molar-refractivity contribution is 0.0837. The van der Waals surface area contributed by atoms with Gasteiger partial charge in [-0.15, -0.1) is 0 Å². The zero-order chi connectivity index (χ0) is 13.2. The number of carbonyl (C=O) groups excluding carboxylic acids is 1. The Bertz CT molecular complexity index is 448. The normalized spacial score (nSPS) is 16.8. The molecule has 0 heterocycles. The standard InChI is InChI=1S/C14H20N2O2/c1-10-4-5-11(8-12(10)18-2)13(17)16-14(9-15)6-3-7-14/h4-5,8H,3,6-7,9,15H2,1-2H3,(H,16,17). The minimum atomic E-state index is -0.185. The molecule has 3 N–H and O–H groups in total. The number of nitrogens with two attached hydrogens (primary N) is 1. The number of ether oxygens (including phenoxy) is 1. The van der Waals surface area contributed by atoms with E-state index in [9.17, 15) is 4.79 Å². The van der Waals surface area contributed by atoms with Gasteiger partial charge in [0.15, 0.2) is 0 Å². The molecule has 0 atom stereocenters. The van der Waals surface area contributed by atoms with Crippen LogP contribution in [0.4, 0.5) is 0 Å². The lowest BCUT2D eigenvalue weighted by Gasteiger charge is -2.41. The summed E-state index contributed by atoms with van der Waals surface area (Å²) < 4.78 is 5.23. The number of benzene rings is 1. The summed E-state index contributed by atoms with van der Waals surface area (Å²) in [5, 5.41) is 3.05. The van der Waals surface area contributed by atoms with Crippen molar-refractivity contribution < 1.29 is 9.53 Å². The zero-order valence-electron chi connectivity index (χ0n) is 11.0. The van der Waals surface area contributed by atoms with E-state index in [1.54, 1.807) is 13.2 Å². The first kappa shape index (κ1) is 12.9. The van der Waals surface area contributed by atoms with E-state index in [-0.39, 0.29) is 11.4 Å². The summed E-state index contributed by atoms with van der Waals surface area (Å²) in [7, 11) is 1.61. The van der Waals surface area contributed by atoms with Crippen molar-refractivity contribution in [2.45, 2.75) is 31.7 Å². The molecular formula is C14H20N2O2. The van der Waals surface area contributed by atoms with Crippen molar-refractivity contribution in [1.82, 2.24) is 5.32 Å². The summed E-state index contributed by atoms with van der Waals surface area (Å²) in [5.41, 5.74) is 7.19. The van der Waals surface area contributed by atoms with Crippen molar-refractivity contribution in [3.8, 4) is 5.75 Å². The summed E-state index contributed by atoms with van der Waals surface area (Å²) in [6, 6.07) is 5.48. The van der Waals surface area contributed by atoms with Crippen LogP contribution in [0.2, 0.25) is 0 Å². The van der Waals surface area contributed by atoms with E-state index in [0.717, 1.165) is 30.6 Å². The fourth-order valence-electron chi connectivity index (χ4n) is 2.26. The maximum atomic E-state index is 12.2. The molecule has 0 saturated heterocycles. The second-order valence-corrected chi connectivity index (χ2v) is 4.98. The Labute approximate surface area is 108 Å². The van der Waals surface area contributed by atoms with E-state index in [0.29, 0.717) is 12.1 Å². The van der Waals surface area contributed by atoms with Gasteiger partial charge < -0.3 is 15.8 Å². The molecule has 0 radical (unpaired) electrons. The number of amides is 1. The highest BCUT2D eigenvalue weighted by Crippen LogP contribution is 2.31. The van der Waals surface area contributed by atoms with Gasteiger partial charge in [-0.3, -0.25) is 4.79 Å². The Morgan fingerprint density at radius 1 is 1.50 bits per heavy atom. The van der Waals surface area contributed by atoms with Crippen molar-refractivity contribution in [3.63, 3.8) is 0 Å². The Morgan fingerprint density at radius 2 is 2.22 bits per heavy atom. The van der Waals surface area contributed by atoms with Crippen molar-refractivity contribution in [3.05, 3.63) is 29.3 Å². The minimum absolute atomic E-state index is 0.0709. The smallest absolute Gasteiger partial charge is 0.251 e. The first-order chi connectivity index (χ1) is 8.60. The number of rotatable bonds is 4. The maximum Gasteiger partial charge on any atom is 0.251 e. The van der Waals surface area contributed by atoms with Crippen LogP contribution in [0.1, 0.15) is 35.2 Å². The average molecular weight is 248 g/mol. The molecule has 1 aliphatic carbocycles. The number of nitrogens with one attached hydrogen (secondary N) is 1.